The van der Waals surface area contributed by atoms with Crippen LogP contribution in [0.25, 0.3) is 0 Å². The van der Waals surface area contributed by atoms with Crippen LogP contribution in [0.5, 0.6) is 11.5 Å². The smallest absolute Gasteiger partial charge is 0.471 e. The fourth-order valence-electron chi connectivity index (χ4n) is 2.68. The molecule has 0 unspecified atom stereocenters. The Balaban J connectivity index is 2.27. The Hall–Kier alpha value is -2.45. The third-order valence-corrected chi connectivity index (χ3v) is 4.64. The monoisotopic (exact) mass is 422 g/mol. The number of hydrogen-bond acceptors (Lipinski definition) is 6. The van der Waals surface area contributed by atoms with E-state index in [1.54, 1.807) is 0 Å². The Morgan fingerprint density at radius 2 is 1.89 bits per heavy atom. The van der Waals surface area contributed by atoms with Crippen LogP contribution in [0.1, 0.15) is 36.0 Å². The number of terminal acetylenes is 1. The average Bonchev–Trinajstić information content (AvgIpc) is 3.03. The van der Waals surface area contributed by atoms with Crippen LogP contribution >= 0.6 is 0 Å². The van der Waals surface area contributed by atoms with Crippen molar-refractivity contribution in [2.24, 2.45) is 0 Å². The van der Waals surface area contributed by atoms with Gasteiger partial charge in [0.05, 0.1) is 5.56 Å². The van der Waals surface area contributed by atoms with E-state index in [0.29, 0.717) is 12.8 Å². The lowest BCUT2D eigenvalue weighted by Gasteiger charge is -2.26. The maximum atomic E-state index is 12.7. The molecule has 1 saturated carbocycles. The number of esters is 1. The van der Waals surface area contributed by atoms with Gasteiger partial charge in [0.2, 0.25) is 0 Å². The maximum Gasteiger partial charge on any atom is 0.573 e. The molecule has 7 nitrogen and oxygen atoms in total. The van der Waals surface area contributed by atoms with Crippen molar-refractivity contribution in [1.82, 2.24) is 0 Å². The lowest BCUT2D eigenvalue weighted by molar-refractivity contribution is -0.275. The number of hydrogen-bond donors (Lipinski definition) is 1. The minimum absolute atomic E-state index is 0.204. The average molecular weight is 422 g/mol. The third kappa shape index (κ3) is 6.31. The molecule has 28 heavy (non-hydrogen) atoms. The Bertz CT molecular complexity index is 866. The first-order chi connectivity index (χ1) is 12.9. The quantitative estimate of drug-likeness (QED) is 0.410. The minimum atomic E-state index is -4.99. The van der Waals surface area contributed by atoms with Crippen LogP contribution in [0.3, 0.4) is 0 Å². The van der Waals surface area contributed by atoms with Gasteiger partial charge in [-0.25, -0.2) is 4.79 Å². The third-order valence-electron chi connectivity index (χ3n) is 3.96. The molecule has 0 atom stereocenters. The fourth-order valence-corrected chi connectivity index (χ4v) is 2.97. The second-order valence-corrected chi connectivity index (χ2v) is 7.65. The van der Waals surface area contributed by atoms with Gasteiger partial charge < -0.3 is 14.2 Å². The largest absolute Gasteiger partial charge is 0.573 e. The molecule has 0 saturated heterocycles. The van der Waals surface area contributed by atoms with Gasteiger partial charge in [-0.15, -0.1) is 19.6 Å². The van der Waals surface area contributed by atoms with Crippen molar-refractivity contribution in [1.29, 1.82) is 0 Å². The zero-order valence-corrected chi connectivity index (χ0v) is 15.3. The van der Waals surface area contributed by atoms with Crippen LogP contribution in [0.4, 0.5) is 13.2 Å². The zero-order chi connectivity index (χ0) is 21.0. The molecule has 0 spiro atoms. The summed E-state index contributed by atoms with van der Waals surface area (Å²) in [6.45, 7) is -0.636. The molecule has 1 N–H and O–H groups in total. The summed E-state index contributed by atoms with van der Waals surface area (Å²) in [4.78, 5) is 12.0. The van der Waals surface area contributed by atoms with E-state index in [-0.39, 0.29) is 11.3 Å². The van der Waals surface area contributed by atoms with E-state index >= 15 is 0 Å². The summed E-state index contributed by atoms with van der Waals surface area (Å²) in [5.74, 6) is -0.461. The van der Waals surface area contributed by atoms with Gasteiger partial charge in [-0.3, -0.25) is 4.55 Å². The standard InChI is InChI=1S/C17H17F3O7S/c1-2-16(7-3-4-8-16)26-14-11-12(5-6-13(14)27-17(18,19)20)15(21)25-9-10-28(22,23)24/h1,5-6,11H,3-4,7-10H2,(H,22,23,24). The van der Waals surface area contributed by atoms with Gasteiger partial charge in [0, 0.05) is 0 Å². The van der Waals surface area contributed by atoms with Crippen molar-refractivity contribution in [3.05, 3.63) is 23.8 Å². The molecule has 1 aliphatic rings. The van der Waals surface area contributed by atoms with E-state index in [1.807, 2.05) is 0 Å². The highest BCUT2D eigenvalue weighted by atomic mass is 32.2. The first kappa shape index (κ1) is 21.8. The van der Waals surface area contributed by atoms with E-state index in [1.165, 1.54) is 0 Å². The van der Waals surface area contributed by atoms with Crippen LogP contribution in [-0.4, -0.2) is 43.3 Å². The predicted molar refractivity (Wildman–Crippen MR) is 90.5 cm³/mol. The van der Waals surface area contributed by atoms with Gasteiger partial charge in [0.25, 0.3) is 10.1 Å². The van der Waals surface area contributed by atoms with E-state index in [0.717, 1.165) is 31.0 Å². The highest BCUT2D eigenvalue weighted by Crippen LogP contribution is 2.40. The molecule has 0 aromatic heterocycles. The molecule has 2 rings (SSSR count). The molecule has 0 heterocycles. The molecular weight excluding hydrogens is 405 g/mol. The lowest BCUT2D eigenvalue weighted by atomic mass is 10.0. The van der Waals surface area contributed by atoms with Gasteiger partial charge in [-0.2, -0.15) is 8.42 Å². The van der Waals surface area contributed by atoms with Gasteiger partial charge in [0.1, 0.15) is 12.4 Å². The maximum absolute atomic E-state index is 12.7. The molecule has 0 radical (unpaired) electrons. The van der Waals surface area contributed by atoms with Crippen molar-refractivity contribution in [3.8, 4) is 23.8 Å². The molecular formula is C17H17F3O7S. The van der Waals surface area contributed by atoms with E-state index in [4.69, 9.17) is 15.7 Å². The molecule has 0 amide bonds. The van der Waals surface area contributed by atoms with Crippen molar-refractivity contribution in [2.75, 3.05) is 12.4 Å². The minimum Gasteiger partial charge on any atom is -0.471 e. The molecule has 1 aliphatic carbocycles. The summed E-state index contributed by atoms with van der Waals surface area (Å²) >= 11 is 0. The Kier molecular flexibility index (Phi) is 6.46. The number of benzene rings is 1. The molecule has 0 bridgehead atoms. The topological polar surface area (TPSA) is 99.1 Å². The van der Waals surface area contributed by atoms with Gasteiger partial charge in [-0.1, -0.05) is 5.92 Å². The van der Waals surface area contributed by atoms with E-state index in [9.17, 15) is 26.4 Å². The summed E-state index contributed by atoms with van der Waals surface area (Å²) in [7, 11) is -4.33. The summed E-state index contributed by atoms with van der Waals surface area (Å²) in [6, 6.07) is 2.86. The summed E-state index contributed by atoms with van der Waals surface area (Å²) in [5.41, 5.74) is -1.32. The number of carbonyl (C=O) groups excluding carboxylic acids is 1. The molecule has 0 aliphatic heterocycles. The second-order valence-electron chi connectivity index (χ2n) is 6.08. The first-order valence-corrected chi connectivity index (χ1v) is 9.73. The number of ether oxygens (including phenoxy) is 3. The summed E-state index contributed by atoms with van der Waals surface area (Å²) in [5, 5.41) is 0. The highest BCUT2D eigenvalue weighted by molar-refractivity contribution is 7.85. The molecule has 11 heteroatoms. The van der Waals surface area contributed by atoms with Crippen molar-refractivity contribution in [3.63, 3.8) is 0 Å². The molecule has 1 aromatic carbocycles. The second kappa shape index (κ2) is 8.28. The number of rotatable bonds is 7. The Morgan fingerprint density at radius 3 is 2.43 bits per heavy atom. The summed E-state index contributed by atoms with van der Waals surface area (Å²) < 4.78 is 82.1. The Morgan fingerprint density at radius 1 is 1.25 bits per heavy atom. The van der Waals surface area contributed by atoms with Crippen LogP contribution < -0.4 is 9.47 Å². The number of carbonyl (C=O) groups is 1. The highest BCUT2D eigenvalue weighted by Gasteiger charge is 2.37. The Labute approximate surface area is 159 Å². The molecule has 1 fully saturated rings. The van der Waals surface area contributed by atoms with Gasteiger partial charge in [0.15, 0.2) is 17.1 Å². The number of halogens is 3. The molecule has 1 aromatic rings. The van der Waals surface area contributed by atoms with Crippen molar-refractivity contribution >= 4 is 16.1 Å². The van der Waals surface area contributed by atoms with E-state index in [2.05, 4.69) is 15.4 Å². The van der Waals surface area contributed by atoms with Crippen molar-refractivity contribution in [2.45, 2.75) is 37.6 Å². The zero-order valence-electron chi connectivity index (χ0n) is 14.5. The predicted octanol–water partition coefficient (Wildman–Crippen LogP) is 2.95. The fraction of sp³-hybridized carbons (Fsp3) is 0.471. The van der Waals surface area contributed by atoms with Crippen molar-refractivity contribution < 1.29 is 45.1 Å². The number of alkyl halides is 3. The van der Waals surface area contributed by atoms with Crippen LogP contribution in [0.15, 0.2) is 18.2 Å². The van der Waals surface area contributed by atoms with E-state index < -0.39 is 46.2 Å². The normalized spacial score (nSPS) is 16.2. The summed E-state index contributed by atoms with van der Waals surface area (Å²) in [6.07, 6.45) is 2.82. The van der Waals surface area contributed by atoms with Crippen LogP contribution in [0.2, 0.25) is 0 Å². The first-order valence-electron chi connectivity index (χ1n) is 8.12. The molecule has 154 valence electrons. The van der Waals surface area contributed by atoms with Crippen LogP contribution in [0, 0.1) is 12.3 Å². The van der Waals surface area contributed by atoms with Gasteiger partial charge in [-0.05, 0) is 43.9 Å². The van der Waals surface area contributed by atoms with Crippen LogP contribution in [-0.2, 0) is 14.9 Å². The SMILES string of the molecule is C#CC1(Oc2cc(C(=O)OCCS(=O)(=O)O)ccc2OC(F)(F)F)CCCC1. The van der Waals surface area contributed by atoms with Gasteiger partial charge >= 0.3 is 12.3 Å². The lowest BCUT2D eigenvalue weighted by Crippen LogP contribution is -2.31.